The lowest BCUT2D eigenvalue weighted by molar-refractivity contribution is 0.146. The molecule has 2 heterocycles. The molecule has 2 aromatic carbocycles. The number of hydrogen-bond acceptors (Lipinski definition) is 2. The Kier molecular flexibility index (Phi) is 3.57. The Bertz CT molecular complexity index is 937. The molecule has 0 bridgehead atoms. The Morgan fingerprint density at radius 3 is 2.54 bits per heavy atom. The van der Waals surface area contributed by atoms with Crippen LogP contribution in [0.4, 0.5) is 8.78 Å². The molecule has 0 atom stereocenters. The zero-order valence-electron chi connectivity index (χ0n) is 12.7. The second-order valence-corrected chi connectivity index (χ2v) is 5.57. The molecule has 2 aromatic heterocycles. The van der Waals surface area contributed by atoms with Crippen molar-refractivity contribution >= 4 is 10.9 Å². The number of hydrogen-bond donors (Lipinski definition) is 1. The molecule has 4 aromatic rings. The maximum Gasteiger partial charge on any atom is 0.279 e. The standard InChI is InChI=1S/C18H14F2N4/c19-17(20)16-9-21-18(22-16)13-7-5-12(6-8-13)10-24-11-14-3-1-2-4-15(14)23-24/h1-9,11,17H,10H2,(H,21,22). The Morgan fingerprint density at radius 1 is 1.04 bits per heavy atom. The maximum atomic E-state index is 12.6. The van der Waals surface area contributed by atoms with Gasteiger partial charge in [0.05, 0.1) is 18.3 Å². The maximum absolute atomic E-state index is 12.6. The van der Waals surface area contributed by atoms with E-state index in [4.69, 9.17) is 0 Å². The van der Waals surface area contributed by atoms with Gasteiger partial charge >= 0.3 is 0 Å². The first kappa shape index (κ1) is 14.6. The van der Waals surface area contributed by atoms with Gasteiger partial charge in [0.1, 0.15) is 11.5 Å². The first-order valence-corrected chi connectivity index (χ1v) is 7.53. The summed E-state index contributed by atoms with van der Waals surface area (Å²) in [5, 5.41) is 5.63. The molecule has 24 heavy (non-hydrogen) atoms. The van der Waals surface area contributed by atoms with Gasteiger partial charge in [0.25, 0.3) is 6.43 Å². The van der Waals surface area contributed by atoms with E-state index in [9.17, 15) is 8.78 Å². The van der Waals surface area contributed by atoms with E-state index in [1.807, 2.05) is 59.4 Å². The monoisotopic (exact) mass is 324 g/mol. The largest absolute Gasteiger partial charge is 0.337 e. The molecular weight excluding hydrogens is 310 g/mol. The summed E-state index contributed by atoms with van der Waals surface area (Å²) in [6.45, 7) is 0.648. The molecule has 0 saturated carbocycles. The van der Waals surface area contributed by atoms with Gasteiger partial charge in [-0.1, -0.05) is 42.5 Å². The molecule has 0 aliphatic carbocycles. The number of alkyl halides is 2. The summed E-state index contributed by atoms with van der Waals surface area (Å²) < 4.78 is 27.1. The minimum atomic E-state index is -2.54. The van der Waals surface area contributed by atoms with E-state index in [0.29, 0.717) is 12.4 Å². The summed E-state index contributed by atoms with van der Waals surface area (Å²) in [5.41, 5.74) is 2.64. The minimum absolute atomic E-state index is 0.169. The van der Waals surface area contributed by atoms with Crippen molar-refractivity contribution in [2.45, 2.75) is 13.0 Å². The van der Waals surface area contributed by atoms with Crippen molar-refractivity contribution in [2.24, 2.45) is 0 Å². The Balaban J connectivity index is 1.54. The van der Waals surface area contributed by atoms with Gasteiger partial charge in [0.2, 0.25) is 0 Å². The average Bonchev–Trinajstić information content (AvgIpc) is 3.22. The van der Waals surface area contributed by atoms with Gasteiger partial charge in [-0.05, 0) is 11.6 Å². The summed E-state index contributed by atoms with van der Waals surface area (Å²) in [5.74, 6) is 0.446. The molecule has 0 unspecified atom stereocenters. The second-order valence-electron chi connectivity index (χ2n) is 5.57. The molecule has 6 heteroatoms. The van der Waals surface area contributed by atoms with Crippen LogP contribution in [0.1, 0.15) is 17.7 Å². The summed E-state index contributed by atoms with van der Waals surface area (Å²) in [7, 11) is 0. The third-order valence-electron chi connectivity index (χ3n) is 3.86. The first-order chi connectivity index (χ1) is 11.7. The lowest BCUT2D eigenvalue weighted by Gasteiger charge is -2.03. The van der Waals surface area contributed by atoms with Gasteiger partial charge < -0.3 is 4.98 Å². The van der Waals surface area contributed by atoms with E-state index in [2.05, 4.69) is 15.1 Å². The Hall–Kier alpha value is -3.02. The highest BCUT2D eigenvalue weighted by Gasteiger charge is 2.11. The van der Waals surface area contributed by atoms with E-state index < -0.39 is 6.43 Å². The fraction of sp³-hybridized carbons (Fsp3) is 0.111. The Labute approximate surface area is 136 Å². The molecule has 1 N–H and O–H groups in total. The van der Waals surface area contributed by atoms with Crippen molar-refractivity contribution in [2.75, 3.05) is 0 Å². The molecule has 0 spiro atoms. The van der Waals surface area contributed by atoms with Gasteiger partial charge in [-0.15, -0.1) is 0 Å². The van der Waals surface area contributed by atoms with Gasteiger partial charge in [0, 0.05) is 17.1 Å². The van der Waals surface area contributed by atoms with Crippen molar-refractivity contribution in [3.05, 3.63) is 72.2 Å². The number of rotatable bonds is 4. The second kappa shape index (κ2) is 5.88. The zero-order chi connectivity index (χ0) is 16.5. The molecule has 0 fully saturated rings. The molecule has 0 amide bonds. The molecule has 0 saturated heterocycles. The third-order valence-corrected chi connectivity index (χ3v) is 3.86. The summed E-state index contributed by atoms with van der Waals surface area (Å²) in [6, 6.07) is 15.6. The molecule has 4 rings (SSSR count). The SMILES string of the molecule is FC(F)c1cnc(-c2ccc(Cn3cc4ccccc4n3)cc2)[nH]1. The third kappa shape index (κ3) is 2.78. The molecule has 4 nitrogen and oxygen atoms in total. The van der Waals surface area contributed by atoms with Crippen LogP contribution in [-0.4, -0.2) is 19.7 Å². The lowest BCUT2D eigenvalue weighted by Crippen LogP contribution is -1.99. The quantitative estimate of drug-likeness (QED) is 0.604. The van der Waals surface area contributed by atoms with E-state index in [1.54, 1.807) is 0 Å². The number of aromatic amines is 1. The molecule has 120 valence electrons. The van der Waals surface area contributed by atoms with Crippen LogP contribution in [0.25, 0.3) is 22.3 Å². The smallest absolute Gasteiger partial charge is 0.279 e. The number of nitrogens with one attached hydrogen (secondary N) is 1. The van der Waals surface area contributed by atoms with Crippen molar-refractivity contribution in [1.29, 1.82) is 0 Å². The van der Waals surface area contributed by atoms with E-state index in [0.717, 1.165) is 22.0 Å². The zero-order valence-corrected chi connectivity index (χ0v) is 12.7. The van der Waals surface area contributed by atoms with Gasteiger partial charge in [-0.25, -0.2) is 13.8 Å². The predicted octanol–water partition coefficient (Wildman–Crippen LogP) is 4.41. The van der Waals surface area contributed by atoms with Crippen LogP contribution in [0.3, 0.4) is 0 Å². The fourth-order valence-corrected chi connectivity index (χ4v) is 2.64. The summed E-state index contributed by atoms with van der Waals surface area (Å²) in [6.07, 6.45) is 0.632. The summed E-state index contributed by atoms with van der Waals surface area (Å²) in [4.78, 5) is 6.63. The molecule has 0 radical (unpaired) electrons. The minimum Gasteiger partial charge on any atom is -0.337 e. The predicted molar refractivity (Wildman–Crippen MR) is 87.8 cm³/mol. The topological polar surface area (TPSA) is 46.5 Å². The van der Waals surface area contributed by atoms with Crippen LogP contribution >= 0.6 is 0 Å². The van der Waals surface area contributed by atoms with E-state index >= 15 is 0 Å². The highest BCUT2D eigenvalue weighted by Crippen LogP contribution is 2.22. The normalized spacial score (nSPS) is 11.5. The lowest BCUT2D eigenvalue weighted by atomic mass is 10.1. The molecule has 0 aliphatic rings. The van der Waals surface area contributed by atoms with Crippen LogP contribution in [0, 0.1) is 0 Å². The van der Waals surface area contributed by atoms with Crippen LogP contribution in [-0.2, 0) is 6.54 Å². The fourth-order valence-electron chi connectivity index (χ4n) is 2.64. The van der Waals surface area contributed by atoms with Crippen molar-refractivity contribution < 1.29 is 8.78 Å². The van der Waals surface area contributed by atoms with Crippen LogP contribution in [0.5, 0.6) is 0 Å². The van der Waals surface area contributed by atoms with Crippen molar-refractivity contribution in [1.82, 2.24) is 19.7 Å². The number of H-pyrrole nitrogens is 1. The summed E-state index contributed by atoms with van der Waals surface area (Å²) >= 11 is 0. The highest BCUT2D eigenvalue weighted by atomic mass is 19.3. The first-order valence-electron chi connectivity index (χ1n) is 7.53. The van der Waals surface area contributed by atoms with E-state index in [1.165, 1.54) is 6.20 Å². The van der Waals surface area contributed by atoms with Crippen molar-refractivity contribution in [3.8, 4) is 11.4 Å². The number of benzene rings is 2. The van der Waals surface area contributed by atoms with Gasteiger partial charge in [-0.3, -0.25) is 4.68 Å². The number of nitrogens with zero attached hydrogens (tertiary/aromatic N) is 3. The number of aromatic nitrogens is 4. The number of halogens is 2. The van der Waals surface area contributed by atoms with Gasteiger partial charge in [-0.2, -0.15) is 5.10 Å². The molecular formula is C18H14F2N4. The highest BCUT2D eigenvalue weighted by molar-refractivity contribution is 5.77. The van der Waals surface area contributed by atoms with Crippen LogP contribution in [0.2, 0.25) is 0 Å². The van der Waals surface area contributed by atoms with E-state index in [-0.39, 0.29) is 5.69 Å². The number of imidazole rings is 1. The van der Waals surface area contributed by atoms with Crippen LogP contribution in [0.15, 0.2) is 60.9 Å². The van der Waals surface area contributed by atoms with Crippen molar-refractivity contribution in [3.63, 3.8) is 0 Å². The Morgan fingerprint density at radius 2 is 1.83 bits per heavy atom. The molecule has 0 aliphatic heterocycles. The average molecular weight is 324 g/mol. The van der Waals surface area contributed by atoms with Crippen LogP contribution < -0.4 is 0 Å². The van der Waals surface area contributed by atoms with Gasteiger partial charge in [0.15, 0.2) is 0 Å². The number of fused-ring (bicyclic) bond motifs is 1.